The second-order valence-corrected chi connectivity index (χ2v) is 5.09. The summed E-state index contributed by atoms with van der Waals surface area (Å²) in [5, 5.41) is 0. The van der Waals surface area contributed by atoms with E-state index in [4.69, 9.17) is 0 Å². The van der Waals surface area contributed by atoms with Crippen LogP contribution in [0.25, 0.3) is 0 Å². The van der Waals surface area contributed by atoms with Crippen molar-refractivity contribution in [3.63, 3.8) is 0 Å². The lowest BCUT2D eigenvalue weighted by Crippen LogP contribution is -2.25. The molecule has 0 heterocycles. The van der Waals surface area contributed by atoms with E-state index in [1.807, 2.05) is 0 Å². The molecule has 0 radical (unpaired) electrons. The fourth-order valence-electron chi connectivity index (χ4n) is 2.28. The van der Waals surface area contributed by atoms with E-state index in [2.05, 4.69) is 32.9 Å². The highest BCUT2D eigenvalue weighted by atomic mass is 14.3. The molecule has 1 aliphatic carbocycles. The molecule has 0 aliphatic heterocycles. The average molecular weight is 180 g/mol. The van der Waals surface area contributed by atoms with Crippen LogP contribution >= 0.6 is 0 Å². The first-order valence-electron chi connectivity index (χ1n) is 5.82. The summed E-state index contributed by atoms with van der Waals surface area (Å²) in [6, 6.07) is 0. The Morgan fingerprint density at radius 3 is 2.62 bits per heavy atom. The molecule has 1 unspecified atom stereocenters. The monoisotopic (exact) mass is 180 g/mol. The Kier molecular flexibility index (Phi) is 4.02. The maximum Gasteiger partial charge on any atom is -0.0288 e. The molecule has 0 spiro atoms. The van der Waals surface area contributed by atoms with Crippen molar-refractivity contribution in [3.8, 4) is 0 Å². The highest BCUT2D eigenvalue weighted by Crippen LogP contribution is 2.40. The summed E-state index contributed by atoms with van der Waals surface area (Å²) in [5.41, 5.74) is 0.558. The van der Waals surface area contributed by atoms with Gasteiger partial charge in [0.1, 0.15) is 0 Å². The summed E-state index contributed by atoms with van der Waals surface area (Å²) in [7, 11) is 0. The quantitative estimate of drug-likeness (QED) is 0.439. The molecule has 0 amide bonds. The fourth-order valence-corrected chi connectivity index (χ4v) is 2.28. The molecule has 0 saturated heterocycles. The zero-order valence-electron chi connectivity index (χ0n) is 9.47. The molecule has 0 N–H and O–H groups in total. The summed E-state index contributed by atoms with van der Waals surface area (Å²) >= 11 is 0. The molecule has 0 bridgehead atoms. The van der Waals surface area contributed by atoms with Gasteiger partial charge in [0.15, 0.2) is 0 Å². The van der Waals surface area contributed by atoms with Gasteiger partial charge in [-0.3, -0.25) is 0 Å². The van der Waals surface area contributed by atoms with Gasteiger partial charge in [0, 0.05) is 0 Å². The predicted molar refractivity (Wildman–Crippen MR) is 59.8 cm³/mol. The summed E-state index contributed by atoms with van der Waals surface area (Å²) < 4.78 is 0. The third-order valence-electron chi connectivity index (χ3n) is 3.49. The lowest BCUT2D eigenvalue weighted by Gasteiger charge is -2.36. The molecule has 0 aromatic rings. The molecule has 1 aliphatic rings. The van der Waals surface area contributed by atoms with Crippen molar-refractivity contribution in [2.75, 3.05) is 0 Å². The van der Waals surface area contributed by atoms with Gasteiger partial charge >= 0.3 is 0 Å². The maximum atomic E-state index is 2.42. The van der Waals surface area contributed by atoms with Crippen LogP contribution in [0.4, 0.5) is 0 Å². The van der Waals surface area contributed by atoms with Gasteiger partial charge in [-0.2, -0.15) is 0 Å². The van der Waals surface area contributed by atoms with Crippen molar-refractivity contribution in [3.05, 3.63) is 12.2 Å². The van der Waals surface area contributed by atoms with Gasteiger partial charge in [-0.1, -0.05) is 52.2 Å². The smallest absolute Gasteiger partial charge is 0.0288 e. The average Bonchev–Trinajstić information content (AvgIpc) is 2.08. The number of allylic oxidation sites excluding steroid dienone is 2. The van der Waals surface area contributed by atoms with Gasteiger partial charge in [-0.25, -0.2) is 0 Å². The zero-order valence-corrected chi connectivity index (χ0v) is 9.47. The molecule has 0 aromatic heterocycles. The van der Waals surface area contributed by atoms with Crippen molar-refractivity contribution in [2.24, 2.45) is 11.3 Å². The maximum absolute atomic E-state index is 2.42. The summed E-state index contributed by atoms with van der Waals surface area (Å²) in [5.74, 6) is 0.934. The van der Waals surface area contributed by atoms with Crippen molar-refractivity contribution in [2.45, 2.75) is 59.3 Å². The van der Waals surface area contributed by atoms with E-state index in [1.165, 1.54) is 38.5 Å². The molecular weight excluding hydrogens is 156 g/mol. The minimum absolute atomic E-state index is 0.558. The van der Waals surface area contributed by atoms with Crippen LogP contribution < -0.4 is 0 Å². The predicted octanol–water partition coefficient (Wildman–Crippen LogP) is 4.56. The van der Waals surface area contributed by atoms with Crippen molar-refractivity contribution in [1.29, 1.82) is 0 Å². The normalized spacial score (nSPS) is 26.2. The molecule has 0 fully saturated rings. The van der Waals surface area contributed by atoms with Crippen molar-refractivity contribution < 1.29 is 0 Å². The van der Waals surface area contributed by atoms with Gasteiger partial charge in [-0.15, -0.1) is 0 Å². The Hall–Kier alpha value is -0.260. The first-order valence-corrected chi connectivity index (χ1v) is 5.82. The van der Waals surface area contributed by atoms with Gasteiger partial charge in [-0.05, 0) is 30.6 Å². The van der Waals surface area contributed by atoms with E-state index in [-0.39, 0.29) is 0 Å². The van der Waals surface area contributed by atoms with Crippen LogP contribution in [0.2, 0.25) is 0 Å². The van der Waals surface area contributed by atoms with Crippen LogP contribution in [0.15, 0.2) is 12.2 Å². The van der Waals surface area contributed by atoms with Crippen molar-refractivity contribution in [1.82, 2.24) is 0 Å². The summed E-state index contributed by atoms with van der Waals surface area (Å²) in [6.07, 6.45) is 13.0. The van der Waals surface area contributed by atoms with E-state index in [1.54, 1.807) is 0 Å². The molecule has 0 nitrogen and oxygen atoms in total. The molecule has 13 heavy (non-hydrogen) atoms. The number of hydrogen-bond donors (Lipinski definition) is 0. The van der Waals surface area contributed by atoms with E-state index >= 15 is 0 Å². The minimum atomic E-state index is 0.558. The van der Waals surface area contributed by atoms with E-state index in [0.717, 1.165) is 5.92 Å². The van der Waals surface area contributed by atoms with Crippen LogP contribution in [0.3, 0.4) is 0 Å². The molecule has 76 valence electrons. The standard InChI is InChI=1S/C13H24/c1-4-5-6-9-12-10-7-8-11-13(12,2)3/h7-8,12H,4-6,9-11H2,1-3H3. The topological polar surface area (TPSA) is 0 Å². The summed E-state index contributed by atoms with van der Waals surface area (Å²) in [4.78, 5) is 0. The van der Waals surface area contributed by atoms with E-state index < -0.39 is 0 Å². The largest absolute Gasteiger partial charge is 0.0882 e. The lowest BCUT2D eigenvalue weighted by molar-refractivity contribution is 0.189. The van der Waals surface area contributed by atoms with Crippen LogP contribution in [0, 0.1) is 11.3 Å². The first kappa shape index (κ1) is 10.8. The van der Waals surface area contributed by atoms with Crippen LogP contribution in [-0.4, -0.2) is 0 Å². The van der Waals surface area contributed by atoms with Gasteiger partial charge in [0.05, 0.1) is 0 Å². The number of hydrogen-bond acceptors (Lipinski definition) is 0. The summed E-state index contributed by atoms with van der Waals surface area (Å²) in [6.45, 7) is 7.13. The zero-order chi connectivity index (χ0) is 9.73. The Balaban J connectivity index is 2.34. The number of unbranched alkanes of at least 4 members (excludes halogenated alkanes) is 2. The lowest BCUT2D eigenvalue weighted by atomic mass is 9.70. The molecule has 0 saturated carbocycles. The molecule has 1 rings (SSSR count). The molecule has 0 heteroatoms. The Morgan fingerprint density at radius 2 is 2.00 bits per heavy atom. The first-order chi connectivity index (χ1) is 6.17. The van der Waals surface area contributed by atoms with Gasteiger partial charge in [0.25, 0.3) is 0 Å². The SMILES string of the molecule is CCCCCC1CC=CCC1(C)C. The van der Waals surface area contributed by atoms with Gasteiger partial charge in [0.2, 0.25) is 0 Å². The van der Waals surface area contributed by atoms with E-state index in [0.29, 0.717) is 5.41 Å². The Morgan fingerprint density at radius 1 is 1.23 bits per heavy atom. The number of rotatable bonds is 4. The third kappa shape index (κ3) is 3.17. The van der Waals surface area contributed by atoms with Crippen molar-refractivity contribution >= 4 is 0 Å². The highest BCUT2D eigenvalue weighted by molar-refractivity contribution is 4.98. The van der Waals surface area contributed by atoms with Crippen LogP contribution in [-0.2, 0) is 0 Å². The van der Waals surface area contributed by atoms with E-state index in [9.17, 15) is 0 Å². The Bertz CT molecular complexity index is 165. The molecule has 0 aromatic carbocycles. The Labute approximate surface area is 83.4 Å². The minimum Gasteiger partial charge on any atom is -0.0882 e. The second kappa shape index (κ2) is 4.83. The third-order valence-corrected chi connectivity index (χ3v) is 3.49. The fraction of sp³-hybridized carbons (Fsp3) is 0.846. The molecular formula is C13H24. The highest BCUT2D eigenvalue weighted by Gasteiger charge is 2.28. The van der Waals surface area contributed by atoms with Crippen LogP contribution in [0.5, 0.6) is 0 Å². The molecule has 1 atom stereocenters. The second-order valence-electron chi connectivity index (χ2n) is 5.09. The van der Waals surface area contributed by atoms with Crippen LogP contribution in [0.1, 0.15) is 59.3 Å². The van der Waals surface area contributed by atoms with Gasteiger partial charge < -0.3 is 0 Å².